The fraction of sp³-hybridized carbons (Fsp3) is 0.412. The minimum absolute atomic E-state index is 0.348. The van der Waals surface area contributed by atoms with Crippen molar-refractivity contribution < 1.29 is 13.2 Å². The van der Waals surface area contributed by atoms with Crippen LogP contribution in [0.4, 0.5) is 19.0 Å². The van der Waals surface area contributed by atoms with Crippen molar-refractivity contribution in [1.29, 1.82) is 0 Å². The Morgan fingerprint density at radius 2 is 1.92 bits per heavy atom. The van der Waals surface area contributed by atoms with Gasteiger partial charge >= 0.3 is 6.18 Å². The van der Waals surface area contributed by atoms with E-state index >= 15 is 0 Å². The summed E-state index contributed by atoms with van der Waals surface area (Å²) in [6.07, 6.45) is -2.06. The van der Waals surface area contributed by atoms with Crippen molar-refractivity contribution in [2.75, 3.05) is 31.1 Å². The molecular weight excluding hydrogens is 367 g/mol. The van der Waals surface area contributed by atoms with E-state index in [0.29, 0.717) is 28.9 Å². The van der Waals surface area contributed by atoms with Crippen molar-refractivity contribution in [2.45, 2.75) is 19.5 Å². The van der Waals surface area contributed by atoms with E-state index in [1.807, 2.05) is 6.92 Å². The first-order chi connectivity index (χ1) is 12.4. The van der Waals surface area contributed by atoms with Gasteiger partial charge in [-0.3, -0.25) is 4.40 Å². The normalized spacial score (nSPS) is 16.0. The highest BCUT2D eigenvalue weighted by atomic mass is 35.5. The van der Waals surface area contributed by atoms with Crippen molar-refractivity contribution in [3.63, 3.8) is 0 Å². The molecule has 3 heterocycles. The third-order valence-electron chi connectivity index (χ3n) is 4.59. The second-order valence-electron chi connectivity index (χ2n) is 6.27. The summed E-state index contributed by atoms with van der Waals surface area (Å²) in [5.41, 5.74) is 1.29. The number of aryl methyl sites for hydroxylation is 1. The Hall–Kier alpha value is -2.06. The molecule has 3 aromatic rings. The zero-order chi connectivity index (χ0) is 18.5. The van der Waals surface area contributed by atoms with Crippen molar-refractivity contribution in [3.05, 3.63) is 34.6 Å². The van der Waals surface area contributed by atoms with Gasteiger partial charge in [0.05, 0.1) is 27.3 Å². The topological polar surface area (TPSA) is 45.5 Å². The molecule has 138 valence electrons. The van der Waals surface area contributed by atoms with Crippen LogP contribution in [0.3, 0.4) is 0 Å². The number of nitrogens with one attached hydrogen (secondary N) is 1. The molecule has 5 nitrogen and oxygen atoms in total. The third kappa shape index (κ3) is 2.87. The molecule has 0 spiro atoms. The summed E-state index contributed by atoms with van der Waals surface area (Å²) >= 11 is 5.90. The van der Waals surface area contributed by atoms with Gasteiger partial charge in [0, 0.05) is 32.4 Å². The van der Waals surface area contributed by atoms with Crippen molar-refractivity contribution in [1.82, 2.24) is 19.7 Å². The lowest BCUT2D eigenvalue weighted by molar-refractivity contribution is -0.137. The van der Waals surface area contributed by atoms with Crippen LogP contribution in [0.25, 0.3) is 16.7 Å². The van der Waals surface area contributed by atoms with Crippen LogP contribution >= 0.6 is 11.6 Å². The molecule has 1 N–H and O–H groups in total. The molecule has 0 unspecified atom stereocenters. The smallest absolute Gasteiger partial charge is 0.351 e. The minimum atomic E-state index is -4.52. The van der Waals surface area contributed by atoms with Gasteiger partial charge in [-0.15, -0.1) is 0 Å². The highest BCUT2D eigenvalue weighted by Gasteiger charge is 2.34. The predicted octanol–water partition coefficient (Wildman–Crippen LogP) is 3.53. The van der Waals surface area contributed by atoms with E-state index in [-0.39, 0.29) is 5.02 Å². The lowest BCUT2D eigenvalue weighted by Crippen LogP contribution is -2.44. The molecule has 1 aromatic carbocycles. The predicted molar refractivity (Wildman–Crippen MR) is 95.0 cm³/mol. The Bertz CT molecular complexity index is 976. The van der Waals surface area contributed by atoms with Gasteiger partial charge in [-0.05, 0) is 18.6 Å². The Kier molecular flexibility index (Phi) is 4.19. The van der Waals surface area contributed by atoms with E-state index < -0.39 is 11.7 Å². The van der Waals surface area contributed by atoms with Crippen LogP contribution in [0.15, 0.2) is 18.3 Å². The summed E-state index contributed by atoms with van der Waals surface area (Å²) in [7, 11) is 0. The molecule has 0 radical (unpaired) electrons. The number of piperazine rings is 1. The second-order valence-corrected chi connectivity index (χ2v) is 6.68. The van der Waals surface area contributed by atoms with E-state index in [1.165, 1.54) is 6.07 Å². The van der Waals surface area contributed by atoms with E-state index in [9.17, 15) is 13.2 Å². The Morgan fingerprint density at radius 3 is 2.58 bits per heavy atom. The summed E-state index contributed by atoms with van der Waals surface area (Å²) in [6.45, 7) is 5.12. The zero-order valence-corrected chi connectivity index (χ0v) is 14.8. The maximum absolute atomic E-state index is 13.3. The van der Waals surface area contributed by atoms with Gasteiger partial charge in [0.2, 0.25) is 0 Å². The molecule has 1 aliphatic rings. The molecule has 4 rings (SSSR count). The molecule has 9 heteroatoms. The van der Waals surface area contributed by atoms with E-state index in [0.717, 1.165) is 37.9 Å². The van der Waals surface area contributed by atoms with Gasteiger partial charge in [-0.1, -0.05) is 18.5 Å². The summed E-state index contributed by atoms with van der Waals surface area (Å²) in [6, 6.07) is 2.34. The van der Waals surface area contributed by atoms with Crippen molar-refractivity contribution in [3.8, 4) is 0 Å². The monoisotopic (exact) mass is 383 g/mol. The first-order valence-corrected chi connectivity index (χ1v) is 8.80. The number of fused-ring (bicyclic) bond motifs is 3. The molecule has 0 atom stereocenters. The number of hydrogen-bond donors (Lipinski definition) is 1. The van der Waals surface area contributed by atoms with Crippen LogP contribution < -0.4 is 10.2 Å². The fourth-order valence-corrected chi connectivity index (χ4v) is 3.51. The first-order valence-electron chi connectivity index (χ1n) is 8.42. The number of nitrogens with zero attached hydrogens (tertiary/aromatic N) is 4. The minimum Gasteiger partial charge on any atom is -0.351 e. The van der Waals surface area contributed by atoms with Crippen molar-refractivity contribution >= 4 is 34.1 Å². The lowest BCUT2D eigenvalue weighted by atomic mass is 10.1. The van der Waals surface area contributed by atoms with Crippen LogP contribution in [0, 0.1) is 0 Å². The van der Waals surface area contributed by atoms with Crippen LogP contribution in [0.5, 0.6) is 0 Å². The number of imidazole rings is 1. The second kappa shape index (κ2) is 6.28. The molecule has 1 fully saturated rings. The Morgan fingerprint density at radius 1 is 1.19 bits per heavy atom. The highest BCUT2D eigenvalue weighted by Crippen LogP contribution is 2.37. The number of halogens is 4. The standard InChI is InChI=1S/C17H17ClF3N5/c1-2-10-9-26-14-7-11(17(19,20)21)12(18)8-13(14)24-15(16(26)23-10)25-5-3-22-4-6-25/h7-9,22H,2-6H2,1H3. The maximum Gasteiger partial charge on any atom is 0.417 e. The van der Waals surface area contributed by atoms with Gasteiger partial charge < -0.3 is 10.2 Å². The van der Waals surface area contributed by atoms with Gasteiger partial charge in [0.1, 0.15) is 0 Å². The highest BCUT2D eigenvalue weighted by molar-refractivity contribution is 6.32. The van der Waals surface area contributed by atoms with Crippen LogP contribution in [0.1, 0.15) is 18.2 Å². The summed E-state index contributed by atoms with van der Waals surface area (Å²) in [4.78, 5) is 11.3. The van der Waals surface area contributed by atoms with Gasteiger partial charge in [-0.2, -0.15) is 13.2 Å². The van der Waals surface area contributed by atoms with E-state index in [2.05, 4.69) is 20.2 Å². The zero-order valence-electron chi connectivity index (χ0n) is 14.1. The lowest BCUT2D eigenvalue weighted by Gasteiger charge is -2.28. The Labute approximate surface area is 152 Å². The number of aromatic nitrogens is 3. The SMILES string of the molecule is CCc1cn2c(n1)c(N1CCNCC1)nc1cc(Cl)c(C(F)(F)F)cc12. The van der Waals surface area contributed by atoms with Crippen LogP contribution in [-0.2, 0) is 12.6 Å². The molecule has 2 aromatic heterocycles. The molecular formula is C17H17ClF3N5. The average molecular weight is 384 g/mol. The van der Waals surface area contributed by atoms with E-state index in [1.54, 1.807) is 10.6 Å². The van der Waals surface area contributed by atoms with Gasteiger partial charge in [0.15, 0.2) is 11.5 Å². The number of hydrogen-bond acceptors (Lipinski definition) is 4. The van der Waals surface area contributed by atoms with E-state index in [4.69, 9.17) is 11.6 Å². The Balaban J connectivity index is 2.02. The maximum atomic E-state index is 13.3. The molecule has 0 aliphatic carbocycles. The summed E-state index contributed by atoms with van der Waals surface area (Å²) in [5.74, 6) is 0.675. The molecule has 1 aliphatic heterocycles. The number of rotatable bonds is 2. The molecule has 1 saturated heterocycles. The summed E-state index contributed by atoms with van der Waals surface area (Å²) in [5, 5.41) is 2.93. The molecule has 0 amide bonds. The van der Waals surface area contributed by atoms with Crippen LogP contribution in [0.2, 0.25) is 5.02 Å². The van der Waals surface area contributed by atoms with Gasteiger partial charge in [0.25, 0.3) is 0 Å². The number of benzene rings is 1. The molecule has 0 saturated carbocycles. The van der Waals surface area contributed by atoms with Crippen molar-refractivity contribution in [2.24, 2.45) is 0 Å². The molecule has 26 heavy (non-hydrogen) atoms. The fourth-order valence-electron chi connectivity index (χ4n) is 3.24. The number of anilines is 1. The average Bonchev–Trinajstić information content (AvgIpc) is 3.04. The van der Waals surface area contributed by atoms with Crippen LogP contribution in [-0.4, -0.2) is 40.5 Å². The first kappa shape index (κ1) is 17.4. The summed E-state index contributed by atoms with van der Waals surface area (Å²) < 4.78 is 41.5. The molecule has 0 bridgehead atoms. The van der Waals surface area contributed by atoms with Gasteiger partial charge in [-0.25, -0.2) is 9.97 Å². The number of alkyl halides is 3. The largest absolute Gasteiger partial charge is 0.417 e. The third-order valence-corrected chi connectivity index (χ3v) is 4.90. The quantitative estimate of drug-likeness (QED) is 0.735.